The largest absolute Gasteiger partial charge is 0.439 e. The number of hydrogen-bond acceptors (Lipinski definition) is 5. The summed E-state index contributed by atoms with van der Waals surface area (Å²) >= 11 is 6.23. The minimum absolute atomic E-state index is 0.0544. The minimum Gasteiger partial charge on any atom is -0.439 e. The summed E-state index contributed by atoms with van der Waals surface area (Å²) in [6.45, 7) is 5.89. The predicted molar refractivity (Wildman–Crippen MR) is 90.5 cm³/mol. The summed E-state index contributed by atoms with van der Waals surface area (Å²) in [6.07, 6.45) is 1.72. The molecule has 23 heavy (non-hydrogen) atoms. The smallest absolute Gasteiger partial charge is 0.200 e. The van der Waals surface area contributed by atoms with Crippen LogP contribution in [0.25, 0.3) is 11.1 Å². The Morgan fingerprint density at radius 2 is 2.00 bits per heavy atom. The van der Waals surface area contributed by atoms with Gasteiger partial charge in [-0.1, -0.05) is 32.4 Å². The van der Waals surface area contributed by atoms with Crippen molar-refractivity contribution in [3.05, 3.63) is 23.0 Å². The highest BCUT2D eigenvalue weighted by molar-refractivity contribution is 7.92. The second kappa shape index (κ2) is 5.46. The van der Waals surface area contributed by atoms with Gasteiger partial charge in [-0.25, -0.2) is 13.4 Å². The second-order valence-corrected chi connectivity index (χ2v) is 9.81. The van der Waals surface area contributed by atoms with Crippen molar-refractivity contribution in [3.63, 3.8) is 0 Å². The van der Waals surface area contributed by atoms with E-state index in [2.05, 4.69) is 4.98 Å². The van der Waals surface area contributed by atoms with Crippen molar-refractivity contribution in [2.24, 2.45) is 5.73 Å². The molecule has 0 amide bonds. The van der Waals surface area contributed by atoms with E-state index < -0.39 is 15.1 Å². The fraction of sp³-hybridized carbons (Fsp3) is 0.562. The molecule has 0 aliphatic heterocycles. The quantitative estimate of drug-likeness (QED) is 0.890. The molecule has 2 aromatic rings. The third-order valence-electron chi connectivity index (χ3n) is 4.25. The monoisotopic (exact) mass is 356 g/mol. The number of aromatic nitrogens is 1. The lowest BCUT2D eigenvalue weighted by Crippen LogP contribution is -2.22. The van der Waals surface area contributed by atoms with E-state index in [1.807, 2.05) is 20.8 Å². The maximum absolute atomic E-state index is 13.0. The van der Waals surface area contributed by atoms with E-state index in [0.717, 1.165) is 0 Å². The number of hydrogen-bond donors (Lipinski definition) is 1. The van der Waals surface area contributed by atoms with Gasteiger partial charge in [0.25, 0.3) is 0 Å². The summed E-state index contributed by atoms with van der Waals surface area (Å²) in [5, 5.41) is -0.335. The fourth-order valence-corrected chi connectivity index (χ4v) is 5.45. The number of rotatable bonds is 2. The van der Waals surface area contributed by atoms with E-state index >= 15 is 0 Å². The SMILES string of the molecule is CC(C)(C)c1nc2ccc(Cl)c(S(=O)(=O)[C@H]3CC[C@@H](N)C3)c2o1. The zero-order valence-corrected chi connectivity index (χ0v) is 15.0. The van der Waals surface area contributed by atoms with E-state index in [1.165, 1.54) is 0 Å². The van der Waals surface area contributed by atoms with E-state index in [0.29, 0.717) is 30.7 Å². The number of sulfone groups is 1. The summed E-state index contributed by atoms with van der Waals surface area (Å²) < 4.78 is 31.9. The van der Waals surface area contributed by atoms with Crippen LogP contribution >= 0.6 is 11.6 Å². The van der Waals surface area contributed by atoms with Crippen LogP contribution in [0.5, 0.6) is 0 Å². The third-order valence-corrected chi connectivity index (χ3v) is 6.96. The predicted octanol–water partition coefficient (Wildman–Crippen LogP) is 3.43. The maximum atomic E-state index is 13.0. The summed E-state index contributed by atoms with van der Waals surface area (Å²) in [5.74, 6) is 0.495. The van der Waals surface area contributed by atoms with E-state index in [4.69, 9.17) is 21.8 Å². The van der Waals surface area contributed by atoms with Crippen molar-refractivity contribution in [2.75, 3.05) is 0 Å². The van der Waals surface area contributed by atoms with Crippen LogP contribution in [-0.2, 0) is 15.3 Å². The molecular weight excluding hydrogens is 336 g/mol. The fourth-order valence-electron chi connectivity index (χ4n) is 2.95. The molecule has 1 aliphatic carbocycles. The van der Waals surface area contributed by atoms with Gasteiger partial charge in [0.05, 0.1) is 10.3 Å². The summed E-state index contributed by atoms with van der Waals surface area (Å²) in [7, 11) is -3.61. The first kappa shape index (κ1) is 16.7. The molecule has 0 radical (unpaired) electrons. The van der Waals surface area contributed by atoms with Gasteiger partial charge < -0.3 is 10.2 Å². The lowest BCUT2D eigenvalue weighted by Gasteiger charge is -2.13. The Bertz CT molecular complexity index is 852. The highest BCUT2D eigenvalue weighted by Crippen LogP contribution is 2.38. The van der Waals surface area contributed by atoms with Gasteiger partial charge in [0.2, 0.25) is 5.89 Å². The first-order valence-electron chi connectivity index (χ1n) is 7.69. The highest BCUT2D eigenvalue weighted by Gasteiger charge is 2.37. The molecule has 0 saturated heterocycles. The molecule has 0 spiro atoms. The molecule has 1 saturated carbocycles. The molecule has 126 valence electrons. The van der Waals surface area contributed by atoms with Crippen molar-refractivity contribution < 1.29 is 12.8 Å². The standard InChI is InChI=1S/C16H21ClN2O3S/c1-16(2,3)15-19-12-7-6-11(17)14(13(12)22-15)23(20,21)10-5-4-9(18)8-10/h6-7,9-10H,4-5,8,18H2,1-3H3/t9-,10+/m1/s1. The van der Waals surface area contributed by atoms with Crippen LogP contribution in [0.15, 0.2) is 21.4 Å². The maximum Gasteiger partial charge on any atom is 0.200 e. The molecule has 3 rings (SSSR count). The molecule has 1 aromatic carbocycles. The molecule has 5 nitrogen and oxygen atoms in total. The average Bonchev–Trinajstić information content (AvgIpc) is 3.03. The van der Waals surface area contributed by atoms with Crippen LogP contribution in [0.1, 0.15) is 45.9 Å². The third kappa shape index (κ3) is 2.88. The highest BCUT2D eigenvalue weighted by atomic mass is 35.5. The van der Waals surface area contributed by atoms with Gasteiger partial charge in [-0.2, -0.15) is 0 Å². The van der Waals surface area contributed by atoms with Crippen molar-refractivity contribution >= 4 is 32.5 Å². The molecule has 1 fully saturated rings. The van der Waals surface area contributed by atoms with Crippen molar-refractivity contribution in [1.82, 2.24) is 4.98 Å². The topological polar surface area (TPSA) is 86.2 Å². The molecule has 2 atom stereocenters. The number of nitrogens with two attached hydrogens (primary N) is 1. The van der Waals surface area contributed by atoms with Crippen LogP contribution in [0.4, 0.5) is 0 Å². The van der Waals surface area contributed by atoms with Gasteiger partial charge in [-0.15, -0.1) is 0 Å². The Hall–Kier alpha value is -1.11. The van der Waals surface area contributed by atoms with Crippen LogP contribution in [-0.4, -0.2) is 24.7 Å². The first-order chi connectivity index (χ1) is 10.6. The van der Waals surface area contributed by atoms with Crippen LogP contribution in [0, 0.1) is 0 Å². The second-order valence-electron chi connectivity index (χ2n) is 7.23. The number of fused-ring (bicyclic) bond motifs is 1. The Labute approximate surface area is 141 Å². The average molecular weight is 357 g/mol. The van der Waals surface area contributed by atoms with Crippen LogP contribution < -0.4 is 5.73 Å². The molecule has 1 aromatic heterocycles. The molecule has 1 heterocycles. The Kier molecular flexibility index (Phi) is 3.98. The molecular formula is C16H21ClN2O3S. The van der Waals surface area contributed by atoms with Gasteiger partial charge in [0.15, 0.2) is 15.4 Å². The van der Waals surface area contributed by atoms with Crippen LogP contribution in [0.3, 0.4) is 0 Å². The van der Waals surface area contributed by atoms with Crippen molar-refractivity contribution in [2.45, 2.75) is 61.6 Å². The normalized spacial score (nSPS) is 22.8. The summed E-state index contributed by atoms with van der Waals surface area (Å²) in [6, 6.07) is 3.18. The van der Waals surface area contributed by atoms with Crippen molar-refractivity contribution in [1.29, 1.82) is 0 Å². The Morgan fingerprint density at radius 1 is 1.30 bits per heavy atom. The van der Waals surface area contributed by atoms with Gasteiger partial charge in [0.1, 0.15) is 10.4 Å². The summed E-state index contributed by atoms with van der Waals surface area (Å²) in [4.78, 5) is 4.48. The zero-order chi connectivity index (χ0) is 17.0. The molecule has 7 heteroatoms. The van der Waals surface area contributed by atoms with E-state index in [9.17, 15) is 8.42 Å². The van der Waals surface area contributed by atoms with Gasteiger partial charge in [-0.3, -0.25) is 0 Å². The molecule has 1 aliphatic rings. The summed E-state index contributed by atoms with van der Waals surface area (Å²) in [5.41, 5.74) is 6.33. The van der Waals surface area contributed by atoms with Crippen molar-refractivity contribution in [3.8, 4) is 0 Å². The number of benzene rings is 1. The number of nitrogens with zero attached hydrogens (tertiary/aromatic N) is 1. The molecule has 2 N–H and O–H groups in total. The molecule has 0 unspecified atom stereocenters. The molecule has 0 bridgehead atoms. The van der Waals surface area contributed by atoms with Gasteiger partial charge in [-0.05, 0) is 31.4 Å². The number of oxazole rings is 1. The van der Waals surface area contributed by atoms with Crippen LogP contribution in [0.2, 0.25) is 5.02 Å². The van der Waals surface area contributed by atoms with Gasteiger partial charge in [0, 0.05) is 11.5 Å². The minimum atomic E-state index is -3.61. The first-order valence-corrected chi connectivity index (χ1v) is 9.62. The zero-order valence-electron chi connectivity index (χ0n) is 13.5. The lowest BCUT2D eigenvalue weighted by atomic mass is 9.97. The Balaban J connectivity index is 2.20. The van der Waals surface area contributed by atoms with E-state index in [-0.39, 0.29) is 27.0 Å². The van der Waals surface area contributed by atoms with E-state index in [1.54, 1.807) is 12.1 Å². The van der Waals surface area contributed by atoms with Gasteiger partial charge >= 0.3 is 0 Å². The number of halogens is 1. The Morgan fingerprint density at radius 3 is 2.57 bits per heavy atom. The lowest BCUT2D eigenvalue weighted by molar-refractivity contribution is 0.408.